The van der Waals surface area contributed by atoms with Crippen LogP contribution in [0.25, 0.3) is 0 Å². The second-order valence-corrected chi connectivity index (χ2v) is 5.00. The Kier molecular flexibility index (Phi) is 4.28. The second kappa shape index (κ2) is 5.37. The first-order valence-corrected chi connectivity index (χ1v) is 5.55. The Bertz CT molecular complexity index is 477. The van der Waals surface area contributed by atoms with Gasteiger partial charge in [0.15, 0.2) is 0 Å². The molecule has 0 saturated heterocycles. The number of ether oxygens (including phenoxy) is 1. The molecule has 0 aliphatic heterocycles. The van der Waals surface area contributed by atoms with E-state index >= 15 is 0 Å². The summed E-state index contributed by atoms with van der Waals surface area (Å²) in [4.78, 5) is 26.0. The molecule has 0 bridgehead atoms. The third-order valence-electron chi connectivity index (χ3n) is 2.14. The van der Waals surface area contributed by atoms with Crippen LogP contribution < -0.4 is 5.73 Å². The van der Waals surface area contributed by atoms with Crippen molar-refractivity contribution in [1.82, 2.24) is 9.55 Å². The van der Waals surface area contributed by atoms with E-state index in [1.54, 1.807) is 20.8 Å². The first-order chi connectivity index (χ1) is 8.61. The van der Waals surface area contributed by atoms with E-state index in [0.29, 0.717) is 0 Å². The lowest BCUT2D eigenvalue weighted by Crippen LogP contribution is -2.36. The molecule has 8 nitrogen and oxygen atoms in total. The van der Waals surface area contributed by atoms with Crippen LogP contribution in [0.15, 0.2) is 12.5 Å². The highest BCUT2D eigenvalue weighted by atomic mass is 16.6. The number of aromatic nitrogens is 2. The highest BCUT2D eigenvalue weighted by Crippen LogP contribution is 2.15. The van der Waals surface area contributed by atoms with Crippen LogP contribution in [0.5, 0.6) is 0 Å². The molecule has 0 spiro atoms. The lowest BCUT2D eigenvalue weighted by atomic mass is 10.1. The minimum atomic E-state index is -1.51. The summed E-state index contributed by atoms with van der Waals surface area (Å²) in [6.45, 7) is 5.12. The maximum Gasteiger partial charge on any atom is 0.419 e. The molecule has 0 aromatic carbocycles. The average molecular weight is 271 g/mol. The fourth-order valence-electron chi connectivity index (χ4n) is 1.22. The molecule has 0 saturated carbocycles. The van der Waals surface area contributed by atoms with Gasteiger partial charge in [0, 0.05) is 6.20 Å². The molecule has 19 heavy (non-hydrogen) atoms. The molecule has 8 heteroatoms. The van der Waals surface area contributed by atoms with E-state index in [2.05, 4.69) is 4.98 Å². The molecular formula is C11H17N3O5. The van der Waals surface area contributed by atoms with Gasteiger partial charge in [0.1, 0.15) is 24.1 Å². The predicted molar refractivity (Wildman–Crippen MR) is 64.4 cm³/mol. The van der Waals surface area contributed by atoms with Crippen molar-refractivity contribution in [3.63, 3.8) is 0 Å². The van der Waals surface area contributed by atoms with Gasteiger partial charge in [-0.25, -0.2) is 14.3 Å². The number of hydrogen-bond donors (Lipinski definition) is 3. The van der Waals surface area contributed by atoms with E-state index in [1.165, 1.54) is 6.20 Å². The number of carbonyl (C=O) groups is 2. The normalized spacial score (nSPS) is 14.8. The molecule has 1 aromatic rings. The van der Waals surface area contributed by atoms with Crippen LogP contribution in [-0.2, 0) is 9.53 Å². The fraction of sp³-hybridized carbons (Fsp3) is 0.545. The third kappa shape index (κ3) is 4.04. The van der Waals surface area contributed by atoms with Gasteiger partial charge in [-0.2, -0.15) is 0 Å². The first-order valence-electron chi connectivity index (χ1n) is 5.55. The average Bonchev–Trinajstić information content (AvgIpc) is 2.73. The largest absolute Gasteiger partial charge is 0.480 e. The first kappa shape index (κ1) is 15.1. The van der Waals surface area contributed by atoms with Crippen molar-refractivity contribution in [2.75, 3.05) is 0 Å². The standard InChI is InChI=1S/C11H17N3O5/c1-11(2,3)19-10(18)14-4-6(13-5-14)8(15)7(12)9(16)17/h4-5,7-8,15H,12H2,1-3H3,(H,16,17). The van der Waals surface area contributed by atoms with Gasteiger partial charge < -0.3 is 20.7 Å². The molecule has 2 atom stereocenters. The van der Waals surface area contributed by atoms with Crippen molar-refractivity contribution < 1.29 is 24.5 Å². The zero-order chi connectivity index (χ0) is 14.8. The number of carboxylic acid groups (broad SMARTS) is 1. The number of aliphatic hydroxyl groups is 1. The summed E-state index contributed by atoms with van der Waals surface area (Å²) in [6, 6.07) is -1.51. The van der Waals surface area contributed by atoms with E-state index < -0.39 is 29.8 Å². The molecule has 106 valence electrons. The minimum absolute atomic E-state index is 0.0132. The van der Waals surface area contributed by atoms with Crippen LogP contribution in [0.2, 0.25) is 0 Å². The number of carboxylic acids is 1. The van der Waals surface area contributed by atoms with E-state index in [1.807, 2.05) is 0 Å². The van der Waals surface area contributed by atoms with E-state index in [-0.39, 0.29) is 5.69 Å². The smallest absolute Gasteiger partial charge is 0.419 e. The molecule has 2 unspecified atom stereocenters. The van der Waals surface area contributed by atoms with Crippen LogP contribution >= 0.6 is 0 Å². The maximum atomic E-state index is 11.7. The quantitative estimate of drug-likeness (QED) is 0.711. The molecule has 4 N–H and O–H groups in total. The van der Waals surface area contributed by atoms with Crippen LogP contribution in [0.3, 0.4) is 0 Å². The molecule has 0 amide bonds. The molecule has 0 radical (unpaired) electrons. The van der Waals surface area contributed by atoms with Gasteiger partial charge in [-0.3, -0.25) is 4.79 Å². The highest BCUT2D eigenvalue weighted by Gasteiger charge is 2.26. The van der Waals surface area contributed by atoms with Gasteiger partial charge in [-0.05, 0) is 20.8 Å². The second-order valence-electron chi connectivity index (χ2n) is 5.00. The van der Waals surface area contributed by atoms with Crippen molar-refractivity contribution in [1.29, 1.82) is 0 Å². The monoisotopic (exact) mass is 271 g/mol. The van der Waals surface area contributed by atoms with Gasteiger partial charge in [-0.15, -0.1) is 0 Å². The summed E-state index contributed by atoms with van der Waals surface area (Å²) < 4.78 is 6.09. The van der Waals surface area contributed by atoms with E-state index in [4.69, 9.17) is 15.6 Å². The highest BCUT2D eigenvalue weighted by molar-refractivity contribution is 5.74. The fourth-order valence-corrected chi connectivity index (χ4v) is 1.22. The number of hydrogen-bond acceptors (Lipinski definition) is 6. The van der Waals surface area contributed by atoms with Crippen molar-refractivity contribution in [3.05, 3.63) is 18.2 Å². The Hall–Kier alpha value is -1.93. The SMILES string of the molecule is CC(C)(C)OC(=O)n1cnc(C(O)C(N)C(=O)O)c1. The summed E-state index contributed by atoms with van der Waals surface area (Å²) in [5.74, 6) is -1.36. The molecule has 1 rings (SSSR count). The van der Waals surface area contributed by atoms with Crippen LogP contribution in [0.1, 0.15) is 32.6 Å². The molecule has 0 aliphatic carbocycles. The molecule has 1 heterocycles. The van der Waals surface area contributed by atoms with Crippen LogP contribution in [-0.4, -0.2) is 43.5 Å². The van der Waals surface area contributed by atoms with Gasteiger partial charge in [0.25, 0.3) is 0 Å². The molecule has 1 aromatic heterocycles. The topological polar surface area (TPSA) is 128 Å². The number of carbonyl (C=O) groups excluding carboxylic acids is 1. The third-order valence-corrected chi connectivity index (χ3v) is 2.14. The lowest BCUT2D eigenvalue weighted by molar-refractivity contribution is -0.141. The summed E-state index contributed by atoms with van der Waals surface area (Å²) in [7, 11) is 0. The summed E-state index contributed by atoms with van der Waals surface area (Å²) in [5.41, 5.74) is 4.58. The number of aliphatic hydroxyl groups excluding tert-OH is 1. The van der Waals surface area contributed by atoms with Crippen molar-refractivity contribution in [2.24, 2.45) is 5.73 Å². The minimum Gasteiger partial charge on any atom is -0.480 e. The summed E-state index contributed by atoms with van der Waals surface area (Å²) in [5, 5.41) is 18.3. The van der Waals surface area contributed by atoms with Gasteiger partial charge in [0.05, 0.1) is 5.69 Å². The lowest BCUT2D eigenvalue weighted by Gasteiger charge is -2.19. The van der Waals surface area contributed by atoms with Gasteiger partial charge in [0.2, 0.25) is 0 Å². The molecule has 0 aliphatic rings. The number of imidazole rings is 1. The van der Waals surface area contributed by atoms with E-state index in [9.17, 15) is 14.7 Å². The van der Waals surface area contributed by atoms with Gasteiger partial charge in [-0.1, -0.05) is 0 Å². The predicted octanol–water partition coefficient (Wildman–Crippen LogP) is 0.112. The number of nitrogens with zero attached hydrogens (tertiary/aromatic N) is 2. The van der Waals surface area contributed by atoms with Crippen molar-refractivity contribution >= 4 is 12.1 Å². The number of aliphatic carboxylic acids is 1. The Balaban J connectivity index is 2.83. The van der Waals surface area contributed by atoms with Crippen molar-refractivity contribution in [3.8, 4) is 0 Å². The Morgan fingerprint density at radius 3 is 2.53 bits per heavy atom. The van der Waals surface area contributed by atoms with Crippen LogP contribution in [0, 0.1) is 0 Å². The Morgan fingerprint density at radius 2 is 2.05 bits per heavy atom. The number of nitrogens with two attached hydrogens (primary N) is 1. The van der Waals surface area contributed by atoms with Crippen LogP contribution in [0.4, 0.5) is 4.79 Å². The van der Waals surface area contributed by atoms with Crippen molar-refractivity contribution in [2.45, 2.75) is 38.5 Å². The zero-order valence-corrected chi connectivity index (χ0v) is 10.9. The number of rotatable bonds is 3. The Morgan fingerprint density at radius 1 is 1.47 bits per heavy atom. The summed E-state index contributed by atoms with van der Waals surface area (Å²) in [6.07, 6.45) is 0.131. The Labute approximate surface area is 109 Å². The van der Waals surface area contributed by atoms with Gasteiger partial charge >= 0.3 is 12.1 Å². The maximum absolute atomic E-state index is 11.7. The van der Waals surface area contributed by atoms with E-state index in [0.717, 1.165) is 10.9 Å². The molecule has 0 fully saturated rings. The summed E-state index contributed by atoms with van der Waals surface area (Å²) >= 11 is 0. The zero-order valence-electron chi connectivity index (χ0n) is 10.9. The molecular weight excluding hydrogens is 254 g/mol.